The van der Waals surface area contributed by atoms with Crippen LogP contribution < -0.4 is 47.9 Å². The van der Waals surface area contributed by atoms with Crippen LogP contribution in [-0.4, -0.2) is 119 Å². The number of H-pyrrole nitrogens is 1. The van der Waals surface area contributed by atoms with E-state index in [1.54, 1.807) is 50.4 Å². The number of ether oxygens (including phenoxy) is 1. The molecule has 20 nitrogen and oxygen atoms in total. The van der Waals surface area contributed by atoms with Crippen LogP contribution in [0.5, 0.6) is 0 Å². The molecule has 6 rings (SSSR count). The fraction of sp³-hybridized carbons (Fsp3) is 0.521. The minimum atomic E-state index is -1.70. The molecule has 9 amide bonds. The van der Waals surface area contributed by atoms with Gasteiger partial charge >= 0.3 is 0 Å². The molecule has 3 saturated heterocycles. The van der Waals surface area contributed by atoms with Crippen LogP contribution in [0.1, 0.15) is 78.4 Å². The molecule has 3 fully saturated rings. The molecule has 68 heavy (non-hydrogen) atoms. The van der Waals surface area contributed by atoms with Gasteiger partial charge in [0.15, 0.2) is 6.23 Å². The summed E-state index contributed by atoms with van der Waals surface area (Å²) in [4.78, 5) is 130. The number of para-hydroxylation sites is 1. The van der Waals surface area contributed by atoms with Crippen molar-refractivity contribution in [2.24, 2.45) is 17.8 Å². The topological polar surface area (TPSA) is 287 Å². The summed E-state index contributed by atoms with van der Waals surface area (Å²) >= 11 is 0. The van der Waals surface area contributed by atoms with Gasteiger partial charge in [0.25, 0.3) is 0 Å². The number of carbonyl (C=O) groups is 9. The van der Waals surface area contributed by atoms with Gasteiger partial charge in [0, 0.05) is 43.4 Å². The Kier molecular flexibility index (Phi) is 16.9. The van der Waals surface area contributed by atoms with E-state index in [1.807, 2.05) is 45.0 Å². The van der Waals surface area contributed by atoms with Crippen molar-refractivity contribution in [3.8, 4) is 0 Å². The second-order valence-corrected chi connectivity index (χ2v) is 18.5. The van der Waals surface area contributed by atoms with Gasteiger partial charge in [-0.05, 0) is 47.8 Å². The quantitative estimate of drug-likeness (QED) is 0.122. The third-order valence-electron chi connectivity index (χ3n) is 12.9. The molecular formula is C48H64N10O10. The number of hydrogen-bond donors (Lipinski definition) is 10. The SMILES string of the molecule is CCC1OC(NC(=O)CC2NC(=O)C(CC(C)C)NC(=O)C3CNC(=O)CC(NC2=O)C(=O)NC(Cc2c[nH]c4ccccc24)C(=O)NC(Cc2ccccc2)C(=O)N3)C(NC(C)=O)C(C)C1C. The van der Waals surface area contributed by atoms with E-state index in [0.29, 0.717) is 17.5 Å². The molecule has 3 aliphatic rings. The molecule has 0 spiro atoms. The third-order valence-corrected chi connectivity index (χ3v) is 12.9. The Hall–Kier alpha value is -6.83. The molecule has 3 aromatic rings. The summed E-state index contributed by atoms with van der Waals surface area (Å²) in [5.41, 5.74) is 2.05. The van der Waals surface area contributed by atoms with Crippen molar-refractivity contribution in [2.45, 2.75) is 135 Å². The number of carbonyl (C=O) groups excluding carboxylic acids is 9. The maximum atomic E-state index is 14.5. The average Bonchev–Trinajstić information content (AvgIpc) is 3.70. The lowest BCUT2D eigenvalue weighted by Crippen LogP contribution is -2.65. The highest BCUT2D eigenvalue weighted by atomic mass is 16.5. The van der Waals surface area contributed by atoms with Crippen molar-refractivity contribution in [2.75, 3.05) is 6.54 Å². The van der Waals surface area contributed by atoms with E-state index in [9.17, 15) is 43.2 Å². The largest absolute Gasteiger partial charge is 0.361 e. The molecule has 1 aromatic heterocycles. The predicted molar refractivity (Wildman–Crippen MR) is 248 cm³/mol. The van der Waals surface area contributed by atoms with E-state index in [2.05, 4.69) is 52.8 Å². The molecule has 2 aromatic carbocycles. The zero-order chi connectivity index (χ0) is 49.2. The second-order valence-electron chi connectivity index (χ2n) is 18.5. The van der Waals surface area contributed by atoms with E-state index in [-0.39, 0.29) is 49.0 Å². The predicted octanol–water partition coefficient (Wildman–Crippen LogP) is -0.140. The van der Waals surface area contributed by atoms with Crippen LogP contribution in [0.4, 0.5) is 0 Å². The van der Waals surface area contributed by atoms with E-state index in [0.717, 1.165) is 10.9 Å². The number of aromatic amines is 1. The molecule has 3 aliphatic heterocycles. The van der Waals surface area contributed by atoms with Crippen molar-refractivity contribution in [1.29, 1.82) is 0 Å². The zero-order valence-electron chi connectivity index (χ0n) is 39.2. The van der Waals surface area contributed by atoms with Crippen molar-refractivity contribution in [3.63, 3.8) is 0 Å². The van der Waals surface area contributed by atoms with Gasteiger partial charge in [0.05, 0.1) is 25.0 Å². The fourth-order valence-electron chi connectivity index (χ4n) is 9.00. The Morgan fingerprint density at radius 2 is 1.28 bits per heavy atom. The summed E-state index contributed by atoms with van der Waals surface area (Å²) in [5, 5.41) is 25.0. The molecule has 4 heterocycles. The molecule has 0 radical (unpaired) electrons. The lowest BCUT2D eigenvalue weighted by molar-refractivity contribution is -0.154. The minimum Gasteiger partial charge on any atom is -0.361 e. The van der Waals surface area contributed by atoms with Gasteiger partial charge in [0.1, 0.15) is 36.3 Å². The summed E-state index contributed by atoms with van der Waals surface area (Å²) < 4.78 is 6.26. The Balaban J connectivity index is 1.38. The van der Waals surface area contributed by atoms with Crippen molar-refractivity contribution in [3.05, 3.63) is 71.9 Å². The first-order valence-corrected chi connectivity index (χ1v) is 23.3. The summed E-state index contributed by atoms with van der Waals surface area (Å²) in [6.07, 6.45) is -0.528. The first-order chi connectivity index (χ1) is 32.4. The molecule has 10 N–H and O–H groups in total. The van der Waals surface area contributed by atoms with Crippen LogP contribution in [0.3, 0.4) is 0 Å². The highest BCUT2D eigenvalue weighted by molar-refractivity contribution is 6.01. The molecule has 20 heteroatoms. The standard InChI is InChI=1S/C48H64N10O10/c1-7-38-25(4)26(5)41(51-27(6)59)48(68-38)58-40(61)21-36-46(66)55-35-20-39(60)50-23-37(47(67)52-32(17-24(2)3)42(62)56-36)57-43(63)33(18-28-13-9-8-10-14-28)53-44(64)34(54-45(35)65)19-29-22-49-31-16-12-11-15-30(29)31/h8-16,22,24-26,32-38,41,48-49H,7,17-21,23H2,1-6H3,(H,50,60)(H,51,59)(H,52,67)(H,53,64)(H,54,65)(H,55,66)(H,56,62)(H,57,63)(H,58,61). The number of rotatable bonds is 11. The number of nitrogens with one attached hydrogen (secondary N) is 10. The van der Waals surface area contributed by atoms with Gasteiger partial charge in [-0.1, -0.05) is 83.1 Å². The Labute approximate surface area is 394 Å². The number of hydrogen-bond acceptors (Lipinski definition) is 10. The van der Waals surface area contributed by atoms with E-state index in [4.69, 9.17) is 4.74 Å². The van der Waals surface area contributed by atoms with Crippen molar-refractivity contribution < 1.29 is 47.9 Å². The van der Waals surface area contributed by atoms with Gasteiger partial charge in [-0.15, -0.1) is 0 Å². The Bertz CT molecular complexity index is 2360. The maximum Gasteiger partial charge on any atom is 0.245 e. The third kappa shape index (κ3) is 13.0. The van der Waals surface area contributed by atoms with E-state index >= 15 is 0 Å². The van der Waals surface area contributed by atoms with Crippen LogP contribution in [0.25, 0.3) is 10.9 Å². The van der Waals surface area contributed by atoms with Gasteiger partial charge in [-0.25, -0.2) is 0 Å². The van der Waals surface area contributed by atoms with E-state index in [1.165, 1.54) is 6.92 Å². The van der Waals surface area contributed by atoms with Crippen LogP contribution in [-0.2, 0) is 60.7 Å². The van der Waals surface area contributed by atoms with Gasteiger partial charge in [0.2, 0.25) is 53.2 Å². The average molecular weight is 941 g/mol. The zero-order valence-corrected chi connectivity index (χ0v) is 39.2. The van der Waals surface area contributed by atoms with Gasteiger partial charge in [-0.2, -0.15) is 0 Å². The molecule has 11 unspecified atom stereocenters. The highest BCUT2D eigenvalue weighted by Gasteiger charge is 2.43. The van der Waals surface area contributed by atoms with Crippen molar-refractivity contribution >= 4 is 64.1 Å². The first-order valence-electron chi connectivity index (χ1n) is 23.3. The minimum absolute atomic E-state index is 0.00808. The van der Waals surface area contributed by atoms with Crippen LogP contribution >= 0.6 is 0 Å². The second kappa shape index (κ2) is 22.8. The number of amides is 9. The molecule has 0 saturated carbocycles. The molecule has 11 atom stereocenters. The number of benzene rings is 2. The van der Waals surface area contributed by atoms with E-state index < -0.39 is 115 Å². The molecular weight excluding hydrogens is 877 g/mol. The summed E-state index contributed by atoms with van der Waals surface area (Å²) in [5.74, 6) is -7.54. The number of aromatic nitrogens is 1. The monoisotopic (exact) mass is 940 g/mol. The van der Waals surface area contributed by atoms with Crippen LogP contribution in [0.2, 0.25) is 0 Å². The van der Waals surface area contributed by atoms with Crippen molar-refractivity contribution in [1.82, 2.24) is 52.8 Å². The number of fused-ring (bicyclic) bond motifs is 6. The van der Waals surface area contributed by atoms with Crippen LogP contribution in [0.15, 0.2) is 60.8 Å². The normalized spacial score (nSPS) is 28.8. The summed E-state index contributed by atoms with van der Waals surface area (Å²) in [7, 11) is 0. The Morgan fingerprint density at radius 3 is 1.99 bits per heavy atom. The highest BCUT2D eigenvalue weighted by Crippen LogP contribution is 2.31. The summed E-state index contributed by atoms with van der Waals surface area (Å²) in [6.45, 7) is 10.3. The fourth-order valence-corrected chi connectivity index (χ4v) is 9.00. The molecule has 366 valence electrons. The smallest absolute Gasteiger partial charge is 0.245 e. The van der Waals surface area contributed by atoms with Crippen LogP contribution in [0, 0.1) is 17.8 Å². The first kappa shape index (κ1) is 50.6. The molecule has 2 bridgehead atoms. The Morgan fingerprint density at radius 1 is 0.691 bits per heavy atom. The molecule has 0 aliphatic carbocycles. The lowest BCUT2D eigenvalue weighted by Gasteiger charge is -2.45. The lowest BCUT2D eigenvalue weighted by atomic mass is 9.80. The maximum absolute atomic E-state index is 14.5. The summed E-state index contributed by atoms with van der Waals surface area (Å²) in [6, 6.07) is 6.58. The van der Waals surface area contributed by atoms with Gasteiger partial charge < -0.3 is 57.6 Å². The van der Waals surface area contributed by atoms with Gasteiger partial charge in [-0.3, -0.25) is 43.2 Å².